The molecule has 0 aromatic rings. The molecule has 26 heavy (non-hydrogen) atoms. The maximum Gasteiger partial charge on any atom is 0.0813 e. The number of fused-ring (bicyclic) bond motifs is 1. The van der Waals surface area contributed by atoms with Gasteiger partial charge in [-0.1, -0.05) is 20.4 Å². The summed E-state index contributed by atoms with van der Waals surface area (Å²) in [5.74, 6) is 1.26. The molecule has 5 aliphatic carbocycles. The Balaban J connectivity index is 1.61. The summed E-state index contributed by atoms with van der Waals surface area (Å²) in [5, 5.41) is 33.8. The van der Waals surface area contributed by atoms with Crippen LogP contribution in [0.5, 0.6) is 0 Å². The van der Waals surface area contributed by atoms with E-state index in [1.807, 2.05) is 0 Å². The second-order valence-corrected chi connectivity index (χ2v) is 10.9. The minimum atomic E-state index is -0.500. The fraction of sp³-hybridized carbons (Fsp3) is 0.909. The van der Waals surface area contributed by atoms with Crippen molar-refractivity contribution in [2.75, 3.05) is 13.1 Å². The summed E-state index contributed by atoms with van der Waals surface area (Å²) in [6, 6.07) is 0.373. The molecule has 3 N–H and O–H groups in total. The summed E-state index contributed by atoms with van der Waals surface area (Å²) < 4.78 is 0. The van der Waals surface area contributed by atoms with Crippen molar-refractivity contribution in [1.82, 2.24) is 4.90 Å². The molecule has 0 amide bonds. The normalized spacial score (nSPS) is 65.5. The summed E-state index contributed by atoms with van der Waals surface area (Å²) in [6.45, 7) is 11.1. The molecule has 1 aliphatic heterocycles. The first-order valence-corrected chi connectivity index (χ1v) is 10.8. The quantitative estimate of drug-likeness (QED) is 0.625. The number of likely N-dealkylation sites (tertiary alicyclic amines) is 1. The molecule has 11 atom stereocenters. The maximum atomic E-state index is 11.5. The molecule has 5 saturated carbocycles. The molecule has 6 aliphatic rings. The van der Waals surface area contributed by atoms with Crippen LogP contribution in [0.4, 0.5) is 0 Å². The van der Waals surface area contributed by atoms with Crippen molar-refractivity contribution in [1.29, 1.82) is 0 Å². The fourth-order valence-corrected chi connectivity index (χ4v) is 9.97. The van der Waals surface area contributed by atoms with Crippen LogP contribution in [0.1, 0.15) is 46.0 Å². The van der Waals surface area contributed by atoms with E-state index in [0.29, 0.717) is 17.9 Å². The first-order valence-electron chi connectivity index (χ1n) is 10.8. The molecule has 0 radical (unpaired) electrons. The lowest BCUT2D eigenvalue weighted by Crippen LogP contribution is -2.68. The Kier molecular flexibility index (Phi) is 2.92. The second kappa shape index (κ2) is 4.59. The predicted molar refractivity (Wildman–Crippen MR) is 98.2 cm³/mol. The van der Waals surface area contributed by atoms with Crippen LogP contribution in [0.25, 0.3) is 0 Å². The first-order chi connectivity index (χ1) is 12.3. The highest BCUT2D eigenvalue weighted by Gasteiger charge is 2.85. The molecule has 6 rings (SSSR count). The number of hydrogen-bond acceptors (Lipinski definition) is 4. The zero-order valence-corrected chi connectivity index (χ0v) is 16.1. The Labute approximate surface area is 156 Å². The SMILES string of the molecule is C=C1C2C[C@@]3(C4CC5C6(C(O)CC[C@@]5(C)CN(CC)[C@H]46)C3C[C@@H]2O)[C@@H]1O. The van der Waals surface area contributed by atoms with Gasteiger partial charge >= 0.3 is 0 Å². The molecular formula is C22H33NO3. The maximum absolute atomic E-state index is 11.5. The van der Waals surface area contributed by atoms with E-state index in [2.05, 4.69) is 25.3 Å². The van der Waals surface area contributed by atoms with Gasteiger partial charge in [-0.2, -0.15) is 0 Å². The van der Waals surface area contributed by atoms with Gasteiger partial charge in [-0.15, -0.1) is 0 Å². The highest BCUT2D eigenvalue weighted by molar-refractivity contribution is 5.39. The number of aliphatic hydroxyl groups excluding tert-OH is 3. The van der Waals surface area contributed by atoms with E-state index < -0.39 is 12.2 Å². The van der Waals surface area contributed by atoms with E-state index in [9.17, 15) is 15.3 Å². The van der Waals surface area contributed by atoms with Crippen LogP contribution in [-0.4, -0.2) is 57.7 Å². The lowest BCUT2D eigenvalue weighted by Gasteiger charge is -2.65. The van der Waals surface area contributed by atoms with E-state index in [-0.39, 0.29) is 34.2 Å². The third kappa shape index (κ3) is 1.37. The van der Waals surface area contributed by atoms with Crippen LogP contribution in [0.2, 0.25) is 0 Å². The number of piperidine rings is 1. The predicted octanol–water partition coefficient (Wildman–Crippen LogP) is 1.79. The highest BCUT2D eigenvalue weighted by Crippen LogP contribution is 2.83. The average Bonchev–Trinajstić information content (AvgIpc) is 3.14. The second-order valence-electron chi connectivity index (χ2n) is 10.9. The van der Waals surface area contributed by atoms with Gasteiger partial charge in [-0.25, -0.2) is 0 Å². The lowest BCUT2D eigenvalue weighted by molar-refractivity contribution is -0.218. The van der Waals surface area contributed by atoms with Crippen molar-refractivity contribution in [3.05, 3.63) is 12.2 Å². The number of nitrogens with zero attached hydrogens (tertiary/aromatic N) is 1. The number of hydrogen-bond donors (Lipinski definition) is 3. The molecule has 7 bridgehead atoms. The molecule has 2 spiro atoms. The van der Waals surface area contributed by atoms with Gasteiger partial charge in [-0.05, 0) is 67.4 Å². The standard InChI is InChI=1S/C22H33NO3/c1-4-23-10-20(3)6-5-17(25)22-15(20)7-13(18(22)23)21-9-12(11(2)19(21)26)14(24)8-16(21)22/h12-19,24-26H,2,4-10H2,1,3H3/t12?,13?,14-,15?,16?,17?,18+,19+,20-,21-,22?/m0/s1. The fourth-order valence-electron chi connectivity index (χ4n) is 9.97. The Morgan fingerprint density at radius 2 is 1.96 bits per heavy atom. The molecule has 4 heteroatoms. The minimum absolute atomic E-state index is 0.0547. The van der Waals surface area contributed by atoms with Crippen LogP contribution in [0.15, 0.2) is 12.2 Å². The van der Waals surface area contributed by atoms with Crippen molar-refractivity contribution in [3.63, 3.8) is 0 Å². The summed E-state index contributed by atoms with van der Waals surface area (Å²) in [7, 11) is 0. The minimum Gasteiger partial charge on any atom is -0.392 e. The van der Waals surface area contributed by atoms with Crippen molar-refractivity contribution in [2.45, 2.75) is 70.3 Å². The summed E-state index contributed by atoms with van der Waals surface area (Å²) in [5.41, 5.74) is 0.849. The Morgan fingerprint density at radius 1 is 1.19 bits per heavy atom. The average molecular weight is 360 g/mol. The molecule has 0 aromatic carbocycles. The van der Waals surface area contributed by atoms with E-state index in [4.69, 9.17) is 0 Å². The van der Waals surface area contributed by atoms with Gasteiger partial charge < -0.3 is 15.3 Å². The van der Waals surface area contributed by atoms with Crippen LogP contribution < -0.4 is 0 Å². The topological polar surface area (TPSA) is 63.9 Å². The molecule has 144 valence electrons. The van der Waals surface area contributed by atoms with Crippen molar-refractivity contribution < 1.29 is 15.3 Å². The lowest BCUT2D eigenvalue weighted by atomic mass is 9.43. The number of aliphatic hydroxyl groups is 3. The summed E-state index contributed by atoms with van der Waals surface area (Å²) >= 11 is 0. The summed E-state index contributed by atoms with van der Waals surface area (Å²) in [4.78, 5) is 2.65. The van der Waals surface area contributed by atoms with Gasteiger partial charge in [0.1, 0.15) is 0 Å². The van der Waals surface area contributed by atoms with Gasteiger partial charge in [0.25, 0.3) is 0 Å². The molecule has 6 fully saturated rings. The van der Waals surface area contributed by atoms with Gasteiger partial charge in [0.2, 0.25) is 0 Å². The van der Waals surface area contributed by atoms with Gasteiger partial charge in [0.05, 0.1) is 18.3 Å². The third-order valence-corrected chi connectivity index (χ3v) is 10.6. The van der Waals surface area contributed by atoms with E-state index in [1.165, 1.54) is 0 Å². The van der Waals surface area contributed by atoms with Crippen molar-refractivity contribution >= 4 is 0 Å². The Morgan fingerprint density at radius 3 is 2.69 bits per heavy atom. The van der Waals surface area contributed by atoms with Crippen LogP contribution in [-0.2, 0) is 0 Å². The molecule has 1 saturated heterocycles. The first kappa shape index (κ1) is 16.5. The molecular weight excluding hydrogens is 326 g/mol. The monoisotopic (exact) mass is 359 g/mol. The Hall–Kier alpha value is -0.420. The van der Waals surface area contributed by atoms with Crippen LogP contribution in [0, 0.1) is 39.9 Å². The number of rotatable bonds is 1. The largest absolute Gasteiger partial charge is 0.392 e. The molecule has 4 nitrogen and oxygen atoms in total. The van der Waals surface area contributed by atoms with Crippen LogP contribution >= 0.6 is 0 Å². The van der Waals surface area contributed by atoms with Crippen molar-refractivity contribution in [2.24, 2.45) is 39.9 Å². The zero-order valence-electron chi connectivity index (χ0n) is 16.1. The summed E-state index contributed by atoms with van der Waals surface area (Å²) in [6.07, 6.45) is 3.58. The van der Waals surface area contributed by atoms with Gasteiger partial charge in [0, 0.05) is 29.3 Å². The molecule has 0 aromatic heterocycles. The van der Waals surface area contributed by atoms with Crippen LogP contribution in [0.3, 0.4) is 0 Å². The van der Waals surface area contributed by atoms with Gasteiger partial charge in [0.15, 0.2) is 0 Å². The van der Waals surface area contributed by atoms with E-state index >= 15 is 0 Å². The van der Waals surface area contributed by atoms with Crippen molar-refractivity contribution in [3.8, 4) is 0 Å². The Bertz CT molecular complexity index is 695. The zero-order chi connectivity index (χ0) is 18.2. The molecule has 1 heterocycles. The smallest absolute Gasteiger partial charge is 0.0813 e. The highest BCUT2D eigenvalue weighted by atomic mass is 16.3. The third-order valence-electron chi connectivity index (χ3n) is 10.6. The van der Waals surface area contributed by atoms with Gasteiger partial charge in [-0.3, -0.25) is 4.90 Å². The van der Waals surface area contributed by atoms with E-state index in [1.54, 1.807) is 0 Å². The molecule has 6 unspecified atom stereocenters. The van der Waals surface area contributed by atoms with E-state index in [0.717, 1.165) is 50.8 Å².